The standard InChI is InChI=1S/C21H20N2O5S/c1-27-15-9-7-14(8-10-15)12-28-21(26)19(25)23-18(24)17-20(23)29-16(22-17)11-13-5-3-2-4-6-13/h2-10,17,19-20,25H,11-12H2,1H3/t17-,19?,20-/m1/s1. The van der Waals surface area contributed by atoms with Gasteiger partial charge in [0.15, 0.2) is 6.04 Å². The summed E-state index contributed by atoms with van der Waals surface area (Å²) >= 11 is 1.40. The van der Waals surface area contributed by atoms with Crippen LogP contribution in [0.1, 0.15) is 11.1 Å². The number of fused-ring (bicyclic) bond motifs is 1. The van der Waals surface area contributed by atoms with Crippen molar-refractivity contribution < 1.29 is 24.2 Å². The zero-order valence-electron chi connectivity index (χ0n) is 15.7. The summed E-state index contributed by atoms with van der Waals surface area (Å²) in [6, 6.07) is 16.3. The summed E-state index contributed by atoms with van der Waals surface area (Å²) in [7, 11) is 1.57. The van der Waals surface area contributed by atoms with Crippen LogP contribution in [0.2, 0.25) is 0 Å². The van der Waals surface area contributed by atoms with Crippen LogP contribution in [-0.2, 0) is 27.4 Å². The number of rotatable bonds is 7. The monoisotopic (exact) mass is 412 g/mol. The Morgan fingerprint density at radius 2 is 1.90 bits per heavy atom. The number of aliphatic imine (C=N–C) groups is 1. The number of hydrogen-bond donors (Lipinski definition) is 1. The molecule has 2 aliphatic rings. The van der Waals surface area contributed by atoms with Crippen LogP contribution in [-0.4, -0.2) is 51.7 Å². The highest BCUT2D eigenvalue weighted by atomic mass is 32.2. The molecule has 1 unspecified atom stereocenters. The lowest BCUT2D eigenvalue weighted by molar-refractivity contribution is -0.181. The average Bonchev–Trinajstić information content (AvgIpc) is 3.11. The van der Waals surface area contributed by atoms with Gasteiger partial charge >= 0.3 is 5.97 Å². The van der Waals surface area contributed by atoms with Crippen molar-refractivity contribution in [3.63, 3.8) is 0 Å². The summed E-state index contributed by atoms with van der Waals surface area (Å²) in [6.45, 7) is -0.00108. The Hall–Kier alpha value is -2.84. The second-order valence-corrected chi connectivity index (χ2v) is 7.90. The summed E-state index contributed by atoms with van der Waals surface area (Å²) in [5.41, 5.74) is 1.85. The van der Waals surface area contributed by atoms with Crippen molar-refractivity contribution in [1.29, 1.82) is 0 Å². The van der Waals surface area contributed by atoms with E-state index in [0.717, 1.165) is 21.1 Å². The molecule has 4 rings (SSSR count). The third-order valence-corrected chi connectivity index (χ3v) is 6.05. The number of nitrogens with zero attached hydrogens (tertiary/aromatic N) is 2. The number of aliphatic hydroxyl groups excluding tert-OH is 1. The van der Waals surface area contributed by atoms with Gasteiger partial charge in [-0.25, -0.2) is 4.79 Å². The molecule has 0 bridgehead atoms. The fourth-order valence-electron chi connectivity index (χ4n) is 3.22. The summed E-state index contributed by atoms with van der Waals surface area (Å²) in [5, 5.41) is 10.8. The molecule has 29 heavy (non-hydrogen) atoms. The smallest absolute Gasteiger partial charge is 0.356 e. The number of ether oxygens (including phenoxy) is 2. The van der Waals surface area contributed by atoms with Gasteiger partial charge in [-0.1, -0.05) is 54.2 Å². The first-order chi connectivity index (χ1) is 14.1. The van der Waals surface area contributed by atoms with E-state index in [0.29, 0.717) is 12.2 Å². The number of carbonyl (C=O) groups excluding carboxylic acids is 2. The maximum atomic E-state index is 12.4. The molecule has 0 spiro atoms. The fourth-order valence-corrected chi connectivity index (χ4v) is 4.56. The largest absolute Gasteiger partial charge is 0.497 e. The van der Waals surface area contributed by atoms with Gasteiger partial charge in [0, 0.05) is 6.42 Å². The van der Waals surface area contributed by atoms with Crippen LogP contribution in [0, 0.1) is 0 Å². The molecule has 0 saturated carbocycles. The molecular formula is C21H20N2O5S. The highest BCUT2D eigenvalue weighted by Gasteiger charge is 2.56. The number of hydrogen-bond acceptors (Lipinski definition) is 7. The molecule has 2 heterocycles. The number of β-lactam (4-membered cyclic amide) rings is 1. The van der Waals surface area contributed by atoms with Crippen LogP contribution >= 0.6 is 11.8 Å². The molecule has 3 atom stereocenters. The Balaban J connectivity index is 1.32. The van der Waals surface area contributed by atoms with Crippen LogP contribution < -0.4 is 4.74 Å². The number of carbonyl (C=O) groups is 2. The zero-order valence-corrected chi connectivity index (χ0v) is 16.5. The predicted octanol–water partition coefficient (Wildman–Crippen LogP) is 1.98. The zero-order chi connectivity index (χ0) is 20.4. The number of amides is 1. The summed E-state index contributed by atoms with van der Waals surface area (Å²) in [5.74, 6) is -0.522. The molecule has 1 saturated heterocycles. The minimum atomic E-state index is -1.64. The molecule has 0 radical (unpaired) electrons. The van der Waals surface area contributed by atoms with Gasteiger partial charge in [0.2, 0.25) is 6.23 Å². The number of methoxy groups -OCH3 is 1. The molecule has 0 aromatic heterocycles. The van der Waals surface area contributed by atoms with Gasteiger partial charge < -0.3 is 14.6 Å². The number of thioether (sulfide) groups is 1. The van der Waals surface area contributed by atoms with Gasteiger partial charge in [-0.3, -0.25) is 14.7 Å². The summed E-state index contributed by atoms with van der Waals surface area (Å²) in [4.78, 5) is 30.2. The Labute approximate surface area is 172 Å². The van der Waals surface area contributed by atoms with Gasteiger partial charge in [-0.2, -0.15) is 0 Å². The minimum absolute atomic E-state index is 0.00108. The first-order valence-electron chi connectivity index (χ1n) is 9.14. The molecule has 8 heteroatoms. The molecule has 1 amide bonds. The highest BCUT2D eigenvalue weighted by Crippen LogP contribution is 2.40. The second-order valence-electron chi connectivity index (χ2n) is 6.71. The summed E-state index contributed by atoms with van der Waals surface area (Å²) in [6.07, 6.45) is -1.02. The maximum Gasteiger partial charge on any atom is 0.356 e. The molecule has 150 valence electrons. The second kappa shape index (κ2) is 8.26. The molecule has 7 nitrogen and oxygen atoms in total. The Morgan fingerprint density at radius 1 is 1.17 bits per heavy atom. The lowest BCUT2D eigenvalue weighted by Crippen LogP contribution is -2.66. The van der Waals surface area contributed by atoms with Crippen molar-refractivity contribution >= 4 is 28.7 Å². The third-order valence-electron chi connectivity index (χ3n) is 4.80. The van der Waals surface area contributed by atoms with Crippen molar-refractivity contribution in [2.75, 3.05) is 7.11 Å². The Morgan fingerprint density at radius 3 is 2.59 bits per heavy atom. The van der Waals surface area contributed by atoms with E-state index < -0.39 is 18.2 Å². The SMILES string of the molecule is COc1ccc(COC(=O)C(O)N2C(=O)[C@H]3N=C(Cc4ccccc4)S[C@H]32)cc1. The number of likely N-dealkylation sites (tertiary alicyclic amines) is 1. The minimum Gasteiger partial charge on any atom is -0.497 e. The molecule has 2 aromatic carbocycles. The number of aliphatic hydroxyl groups is 1. The molecule has 1 fully saturated rings. The Bertz CT molecular complexity index is 932. The lowest BCUT2D eigenvalue weighted by atomic mass is 10.1. The van der Waals surface area contributed by atoms with Crippen molar-refractivity contribution in [3.8, 4) is 5.75 Å². The lowest BCUT2D eigenvalue weighted by Gasteiger charge is -2.42. The first-order valence-corrected chi connectivity index (χ1v) is 10.0. The molecule has 0 aliphatic carbocycles. The maximum absolute atomic E-state index is 12.4. The van der Waals surface area contributed by atoms with Crippen LogP contribution in [0.15, 0.2) is 59.6 Å². The van der Waals surface area contributed by atoms with E-state index in [2.05, 4.69) is 4.99 Å². The first kappa shape index (κ1) is 19.5. The average molecular weight is 412 g/mol. The quantitative estimate of drug-likeness (QED) is 0.553. The van der Waals surface area contributed by atoms with E-state index in [-0.39, 0.29) is 17.9 Å². The van der Waals surface area contributed by atoms with E-state index in [4.69, 9.17) is 9.47 Å². The number of benzene rings is 2. The van der Waals surface area contributed by atoms with E-state index in [9.17, 15) is 14.7 Å². The van der Waals surface area contributed by atoms with E-state index in [1.165, 1.54) is 11.8 Å². The highest BCUT2D eigenvalue weighted by molar-refractivity contribution is 8.14. The Kier molecular flexibility index (Phi) is 5.55. The third kappa shape index (κ3) is 3.99. The van der Waals surface area contributed by atoms with Gasteiger partial charge in [0.05, 0.1) is 12.2 Å². The van der Waals surface area contributed by atoms with Crippen LogP contribution in [0.4, 0.5) is 0 Å². The topological polar surface area (TPSA) is 88.4 Å². The van der Waals surface area contributed by atoms with Crippen LogP contribution in [0.3, 0.4) is 0 Å². The predicted molar refractivity (Wildman–Crippen MR) is 108 cm³/mol. The van der Waals surface area contributed by atoms with Crippen molar-refractivity contribution in [2.45, 2.75) is 30.7 Å². The number of esters is 1. The summed E-state index contributed by atoms with van der Waals surface area (Å²) < 4.78 is 10.2. The normalized spacial score (nSPS) is 21.1. The van der Waals surface area contributed by atoms with Gasteiger partial charge in [0.25, 0.3) is 5.91 Å². The van der Waals surface area contributed by atoms with Crippen molar-refractivity contribution in [3.05, 3.63) is 65.7 Å². The van der Waals surface area contributed by atoms with Crippen molar-refractivity contribution in [2.24, 2.45) is 4.99 Å². The van der Waals surface area contributed by atoms with Gasteiger partial charge in [0.1, 0.15) is 17.7 Å². The van der Waals surface area contributed by atoms with Gasteiger partial charge in [-0.05, 0) is 23.3 Å². The van der Waals surface area contributed by atoms with Crippen LogP contribution in [0.25, 0.3) is 0 Å². The molecular weight excluding hydrogens is 392 g/mol. The van der Waals surface area contributed by atoms with Gasteiger partial charge in [-0.15, -0.1) is 0 Å². The van der Waals surface area contributed by atoms with E-state index in [1.54, 1.807) is 31.4 Å². The molecule has 1 N–H and O–H groups in total. The molecule has 2 aromatic rings. The van der Waals surface area contributed by atoms with Crippen LogP contribution in [0.5, 0.6) is 5.75 Å². The molecule has 2 aliphatic heterocycles. The van der Waals surface area contributed by atoms with E-state index in [1.807, 2.05) is 30.3 Å². The van der Waals surface area contributed by atoms with E-state index >= 15 is 0 Å². The fraction of sp³-hybridized carbons (Fsp3) is 0.286. The van der Waals surface area contributed by atoms with Crippen molar-refractivity contribution in [1.82, 2.24) is 4.90 Å².